The van der Waals surface area contributed by atoms with Crippen molar-refractivity contribution in [1.29, 1.82) is 0 Å². The summed E-state index contributed by atoms with van der Waals surface area (Å²) in [5, 5.41) is 3.41. The Bertz CT molecular complexity index is 1430. The molecule has 1 atom stereocenters. The van der Waals surface area contributed by atoms with Gasteiger partial charge in [-0.25, -0.2) is 0 Å². The lowest BCUT2D eigenvalue weighted by molar-refractivity contribution is 0.955. The molecule has 2 aromatic carbocycles. The van der Waals surface area contributed by atoms with E-state index in [4.69, 9.17) is 0 Å². The fourth-order valence-electron chi connectivity index (χ4n) is 5.50. The predicted molar refractivity (Wildman–Crippen MR) is 139 cm³/mol. The van der Waals surface area contributed by atoms with E-state index < -0.39 is 0 Å². The summed E-state index contributed by atoms with van der Waals surface area (Å²) in [6.07, 6.45) is 19.7. The van der Waals surface area contributed by atoms with Crippen LogP contribution < -0.4 is 5.32 Å². The molecule has 33 heavy (non-hydrogen) atoms. The number of benzene rings is 2. The molecule has 1 heteroatoms. The Balaban J connectivity index is 1.40. The highest BCUT2D eigenvalue weighted by atomic mass is 14.9. The molecule has 1 unspecified atom stereocenters. The Labute approximate surface area is 196 Å². The summed E-state index contributed by atoms with van der Waals surface area (Å²) in [7, 11) is 0. The molecule has 1 nitrogen and oxygen atoms in total. The third kappa shape index (κ3) is 3.24. The third-order valence-corrected chi connectivity index (χ3v) is 7.07. The largest absolute Gasteiger partial charge is 0.361 e. The van der Waals surface area contributed by atoms with Crippen molar-refractivity contribution in [1.82, 2.24) is 5.32 Å². The van der Waals surface area contributed by atoms with Crippen LogP contribution in [-0.2, 0) is 0 Å². The second-order valence-electron chi connectivity index (χ2n) is 9.32. The number of fused-ring (bicyclic) bond motifs is 2. The van der Waals surface area contributed by atoms with Gasteiger partial charge in [-0.15, -0.1) is 0 Å². The summed E-state index contributed by atoms with van der Waals surface area (Å²) in [4.78, 5) is 0. The maximum Gasteiger partial charge on any atom is 0.0453 e. The Kier molecular flexibility index (Phi) is 4.58. The fourth-order valence-corrected chi connectivity index (χ4v) is 5.50. The molecule has 6 rings (SSSR count). The van der Waals surface area contributed by atoms with Gasteiger partial charge in [-0.05, 0) is 95.2 Å². The lowest BCUT2D eigenvalue weighted by Crippen LogP contribution is -2.06. The fraction of sp³-hybridized carbons (Fsp3) is 0.125. The van der Waals surface area contributed by atoms with Gasteiger partial charge < -0.3 is 5.32 Å². The van der Waals surface area contributed by atoms with Crippen molar-refractivity contribution in [3.05, 3.63) is 147 Å². The first-order valence-corrected chi connectivity index (χ1v) is 11.7. The monoisotopic (exact) mass is 425 g/mol. The SMILES string of the molecule is CC1=Cc2c(-c3ccc(C)cc3)cccc2C1C1=C(C)C=C2C=C(C3=CC=CC=CN3)C=C21. The van der Waals surface area contributed by atoms with Gasteiger partial charge in [-0.3, -0.25) is 0 Å². The normalized spacial score (nSPS) is 20.5. The van der Waals surface area contributed by atoms with Gasteiger partial charge in [0.15, 0.2) is 0 Å². The van der Waals surface area contributed by atoms with Crippen LogP contribution in [0, 0.1) is 6.92 Å². The lowest BCUT2D eigenvalue weighted by atomic mass is 9.83. The quantitative estimate of drug-likeness (QED) is 0.528. The van der Waals surface area contributed by atoms with Crippen molar-refractivity contribution in [3.8, 4) is 11.1 Å². The van der Waals surface area contributed by atoms with E-state index in [1.54, 1.807) is 0 Å². The molecule has 160 valence electrons. The molecule has 1 heterocycles. The number of nitrogens with one attached hydrogen (secondary N) is 1. The van der Waals surface area contributed by atoms with Crippen molar-refractivity contribution < 1.29 is 0 Å². The maximum absolute atomic E-state index is 3.41. The summed E-state index contributed by atoms with van der Waals surface area (Å²) in [6, 6.07) is 15.7. The Hall–Kier alpha value is -3.84. The second-order valence-corrected chi connectivity index (χ2v) is 9.32. The molecule has 1 aliphatic heterocycles. The molecule has 0 aromatic heterocycles. The van der Waals surface area contributed by atoms with E-state index in [0.717, 1.165) is 5.70 Å². The van der Waals surface area contributed by atoms with E-state index in [0.29, 0.717) is 5.92 Å². The first-order valence-electron chi connectivity index (χ1n) is 11.7. The van der Waals surface area contributed by atoms with Crippen molar-refractivity contribution in [2.75, 3.05) is 0 Å². The summed E-state index contributed by atoms with van der Waals surface area (Å²) in [5.41, 5.74) is 16.0. The Morgan fingerprint density at radius 3 is 2.45 bits per heavy atom. The van der Waals surface area contributed by atoms with Gasteiger partial charge in [0, 0.05) is 17.8 Å². The second kappa shape index (κ2) is 7.64. The average Bonchev–Trinajstić information content (AvgIpc) is 3.35. The van der Waals surface area contributed by atoms with Gasteiger partial charge in [0.1, 0.15) is 0 Å². The minimum Gasteiger partial charge on any atom is -0.361 e. The minimum absolute atomic E-state index is 0.300. The van der Waals surface area contributed by atoms with Gasteiger partial charge >= 0.3 is 0 Å². The van der Waals surface area contributed by atoms with Crippen molar-refractivity contribution in [2.24, 2.45) is 0 Å². The zero-order valence-electron chi connectivity index (χ0n) is 19.3. The molecular formula is C32H27N. The van der Waals surface area contributed by atoms with E-state index in [-0.39, 0.29) is 0 Å². The lowest BCUT2D eigenvalue weighted by Gasteiger charge is -2.20. The van der Waals surface area contributed by atoms with Crippen molar-refractivity contribution in [2.45, 2.75) is 26.7 Å². The molecule has 1 N–H and O–H groups in total. The highest BCUT2D eigenvalue weighted by Gasteiger charge is 2.34. The highest BCUT2D eigenvalue weighted by molar-refractivity contribution is 5.85. The Morgan fingerprint density at radius 1 is 0.758 bits per heavy atom. The van der Waals surface area contributed by atoms with E-state index in [9.17, 15) is 0 Å². The van der Waals surface area contributed by atoms with Crippen LogP contribution in [0.5, 0.6) is 0 Å². The number of hydrogen-bond donors (Lipinski definition) is 1. The van der Waals surface area contributed by atoms with Crippen LogP contribution in [0.4, 0.5) is 0 Å². The van der Waals surface area contributed by atoms with E-state index in [1.807, 2.05) is 18.4 Å². The molecule has 0 spiro atoms. The number of rotatable bonds is 3. The van der Waals surface area contributed by atoms with Crippen LogP contribution in [0.25, 0.3) is 17.2 Å². The van der Waals surface area contributed by atoms with Gasteiger partial charge in [0.05, 0.1) is 0 Å². The van der Waals surface area contributed by atoms with E-state index in [1.165, 1.54) is 61.3 Å². The van der Waals surface area contributed by atoms with Crippen LogP contribution in [-0.4, -0.2) is 0 Å². The number of allylic oxidation sites excluding steroid dienone is 12. The molecule has 0 saturated heterocycles. The molecule has 0 radical (unpaired) electrons. The molecule has 0 fully saturated rings. The van der Waals surface area contributed by atoms with Crippen LogP contribution in [0.1, 0.15) is 36.5 Å². The summed E-state index contributed by atoms with van der Waals surface area (Å²) in [6.45, 7) is 6.69. The molecule has 4 aliphatic rings. The van der Waals surface area contributed by atoms with Gasteiger partial charge in [0.25, 0.3) is 0 Å². The van der Waals surface area contributed by atoms with Gasteiger partial charge in [-0.1, -0.05) is 77.9 Å². The highest BCUT2D eigenvalue weighted by Crippen LogP contribution is 2.52. The smallest absolute Gasteiger partial charge is 0.0453 e. The number of hydrogen-bond acceptors (Lipinski definition) is 1. The maximum atomic E-state index is 3.41. The van der Waals surface area contributed by atoms with Crippen LogP contribution in [0.3, 0.4) is 0 Å². The van der Waals surface area contributed by atoms with E-state index >= 15 is 0 Å². The van der Waals surface area contributed by atoms with Crippen molar-refractivity contribution in [3.63, 3.8) is 0 Å². The standard InChI is InChI=1S/C32H27N/c1-20-11-13-23(14-12-20)26-8-7-9-27-29(26)17-22(3)31(27)32-21(2)16-24-18-25(19-28(24)32)30-10-5-4-6-15-33-30/h4-19,31,33H,1-3H3. The first kappa shape index (κ1) is 19.8. The predicted octanol–water partition coefficient (Wildman–Crippen LogP) is 7.84. The molecule has 3 aliphatic carbocycles. The van der Waals surface area contributed by atoms with E-state index in [2.05, 4.69) is 105 Å². The first-order chi connectivity index (χ1) is 16.1. The Morgan fingerprint density at radius 2 is 1.61 bits per heavy atom. The minimum atomic E-state index is 0.300. The van der Waals surface area contributed by atoms with Crippen LogP contribution in [0.2, 0.25) is 0 Å². The summed E-state index contributed by atoms with van der Waals surface area (Å²) >= 11 is 0. The van der Waals surface area contributed by atoms with Gasteiger partial charge in [0.2, 0.25) is 0 Å². The van der Waals surface area contributed by atoms with Gasteiger partial charge in [-0.2, -0.15) is 0 Å². The van der Waals surface area contributed by atoms with Crippen LogP contribution in [0.15, 0.2) is 130 Å². The molecule has 0 saturated carbocycles. The van der Waals surface area contributed by atoms with Crippen LogP contribution >= 0.6 is 0 Å². The summed E-state index contributed by atoms with van der Waals surface area (Å²) < 4.78 is 0. The molecule has 0 amide bonds. The zero-order valence-corrected chi connectivity index (χ0v) is 19.3. The molecular weight excluding hydrogens is 398 g/mol. The summed E-state index contributed by atoms with van der Waals surface area (Å²) in [5.74, 6) is 0.300. The average molecular weight is 426 g/mol. The zero-order chi connectivity index (χ0) is 22.5. The topological polar surface area (TPSA) is 12.0 Å². The third-order valence-electron chi connectivity index (χ3n) is 7.07. The molecule has 2 aromatic rings. The number of aryl methyl sites for hydroxylation is 1. The molecule has 0 bridgehead atoms. The van der Waals surface area contributed by atoms with Crippen molar-refractivity contribution >= 4 is 6.08 Å².